The summed E-state index contributed by atoms with van der Waals surface area (Å²) in [4.78, 5) is 0. The third-order valence-corrected chi connectivity index (χ3v) is 2.83. The average Bonchev–Trinajstić information content (AvgIpc) is 2.74. The Morgan fingerprint density at radius 2 is 1.93 bits per heavy atom. The number of nitrogens with two attached hydrogens (primary N) is 1. The first-order chi connectivity index (χ1) is 7.20. The van der Waals surface area contributed by atoms with Crippen LogP contribution in [-0.4, -0.2) is 0 Å². The summed E-state index contributed by atoms with van der Waals surface area (Å²) in [6, 6.07) is 9.77. The molecule has 1 atom stereocenters. The van der Waals surface area contributed by atoms with Gasteiger partial charge < -0.3 is 10.2 Å². The van der Waals surface area contributed by atoms with E-state index < -0.39 is 0 Å². The molecule has 2 heteroatoms. The van der Waals surface area contributed by atoms with Gasteiger partial charge in [-0.25, -0.2) is 0 Å². The lowest BCUT2D eigenvalue weighted by atomic mass is 9.97. The minimum Gasteiger partial charge on any atom is -0.467 e. The Balaban J connectivity index is 2.42. The molecule has 0 amide bonds. The molecule has 0 aliphatic carbocycles. The van der Waals surface area contributed by atoms with Crippen LogP contribution in [-0.2, 0) is 0 Å². The molecule has 0 aliphatic rings. The van der Waals surface area contributed by atoms with Crippen molar-refractivity contribution < 1.29 is 4.42 Å². The second kappa shape index (κ2) is 3.91. The van der Waals surface area contributed by atoms with E-state index in [2.05, 4.69) is 26.0 Å². The van der Waals surface area contributed by atoms with Crippen molar-refractivity contribution in [2.45, 2.75) is 19.9 Å². The Bertz CT molecular complexity index is 446. The highest BCUT2D eigenvalue weighted by molar-refractivity contribution is 5.38. The van der Waals surface area contributed by atoms with Gasteiger partial charge in [0.25, 0.3) is 0 Å². The van der Waals surface area contributed by atoms with Crippen LogP contribution < -0.4 is 5.73 Å². The number of benzene rings is 1. The molecule has 2 aromatic rings. The summed E-state index contributed by atoms with van der Waals surface area (Å²) in [6.07, 6.45) is 1.65. The van der Waals surface area contributed by atoms with Gasteiger partial charge in [0.05, 0.1) is 12.3 Å². The standard InChI is InChI=1S/C13H15NO/c1-9-5-3-6-11(10(9)2)13(14)12-7-4-8-15-12/h3-8,13H,14H2,1-2H3. The average molecular weight is 201 g/mol. The van der Waals surface area contributed by atoms with Gasteiger partial charge in [0.2, 0.25) is 0 Å². The smallest absolute Gasteiger partial charge is 0.125 e. The van der Waals surface area contributed by atoms with Gasteiger partial charge in [0.1, 0.15) is 5.76 Å². The van der Waals surface area contributed by atoms with E-state index in [4.69, 9.17) is 10.2 Å². The zero-order valence-electron chi connectivity index (χ0n) is 9.03. The maximum absolute atomic E-state index is 6.14. The fraction of sp³-hybridized carbons (Fsp3) is 0.231. The summed E-state index contributed by atoms with van der Waals surface area (Å²) in [7, 11) is 0. The van der Waals surface area contributed by atoms with Crippen LogP contribution in [0.15, 0.2) is 41.0 Å². The molecule has 0 bridgehead atoms. The zero-order chi connectivity index (χ0) is 10.8. The van der Waals surface area contributed by atoms with Gasteiger partial charge in [-0.1, -0.05) is 18.2 Å². The SMILES string of the molecule is Cc1cccc(C(N)c2ccco2)c1C. The third kappa shape index (κ3) is 1.81. The molecule has 1 unspecified atom stereocenters. The van der Waals surface area contributed by atoms with Gasteiger partial charge in [-0.05, 0) is 42.7 Å². The van der Waals surface area contributed by atoms with E-state index in [0.29, 0.717) is 0 Å². The van der Waals surface area contributed by atoms with Crippen molar-refractivity contribution in [2.75, 3.05) is 0 Å². The summed E-state index contributed by atoms with van der Waals surface area (Å²) in [5, 5.41) is 0. The number of furan rings is 1. The maximum atomic E-state index is 6.14. The molecule has 0 aliphatic heterocycles. The Morgan fingerprint density at radius 1 is 1.13 bits per heavy atom. The van der Waals surface area contributed by atoms with Crippen LogP contribution in [0.1, 0.15) is 28.5 Å². The van der Waals surface area contributed by atoms with Crippen LogP contribution in [0.5, 0.6) is 0 Å². The summed E-state index contributed by atoms with van der Waals surface area (Å²) in [5.41, 5.74) is 9.76. The molecule has 2 N–H and O–H groups in total. The maximum Gasteiger partial charge on any atom is 0.125 e. The third-order valence-electron chi connectivity index (χ3n) is 2.83. The van der Waals surface area contributed by atoms with Gasteiger partial charge in [-0.15, -0.1) is 0 Å². The summed E-state index contributed by atoms with van der Waals surface area (Å²) in [6.45, 7) is 4.18. The number of hydrogen-bond donors (Lipinski definition) is 1. The minimum atomic E-state index is -0.167. The summed E-state index contributed by atoms with van der Waals surface area (Å²) < 4.78 is 5.32. The van der Waals surface area contributed by atoms with E-state index in [1.807, 2.05) is 18.2 Å². The quantitative estimate of drug-likeness (QED) is 0.811. The Morgan fingerprint density at radius 3 is 2.60 bits per heavy atom. The molecule has 0 spiro atoms. The first kappa shape index (κ1) is 9.99. The molecule has 15 heavy (non-hydrogen) atoms. The molecule has 0 fully saturated rings. The Kier molecular flexibility index (Phi) is 2.60. The van der Waals surface area contributed by atoms with Crippen LogP contribution in [0, 0.1) is 13.8 Å². The van der Waals surface area contributed by atoms with Gasteiger partial charge >= 0.3 is 0 Å². The van der Waals surface area contributed by atoms with E-state index in [1.165, 1.54) is 11.1 Å². The molecule has 0 saturated carbocycles. The summed E-state index contributed by atoms with van der Waals surface area (Å²) in [5.74, 6) is 0.809. The minimum absolute atomic E-state index is 0.167. The van der Waals surface area contributed by atoms with Gasteiger partial charge in [-0.2, -0.15) is 0 Å². The lowest BCUT2D eigenvalue weighted by molar-refractivity contribution is 0.489. The van der Waals surface area contributed by atoms with Crippen LogP contribution in [0.3, 0.4) is 0 Å². The first-order valence-electron chi connectivity index (χ1n) is 5.05. The predicted molar refractivity (Wildman–Crippen MR) is 60.7 cm³/mol. The van der Waals surface area contributed by atoms with E-state index in [0.717, 1.165) is 11.3 Å². The normalized spacial score (nSPS) is 12.7. The molecule has 1 heterocycles. The van der Waals surface area contributed by atoms with Crippen LogP contribution in [0.2, 0.25) is 0 Å². The van der Waals surface area contributed by atoms with Crippen molar-refractivity contribution in [3.63, 3.8) is 0 Å². The lowest BCUT2D eigenvalue weighted by Gasteiger charge is -2.13. The molecule has 78 valence electrons. The zero-order valence-corrected chi connectivity index (χ0v) is 9.03. The largest absolute Gasteiger partial charge is 0.467 e. The van der Waals surface area contributed by atoms with Crippen molar-refractivity contribution >= 4 is 0 Å². The highest BCUT2D eigenvalue weighted by atomic mass is 16.3. The Hall–Kier alpha value is -1.54. The second-order valence-electron chi connectivity index (χ2n) is 3.78. The fourth-order valence-electron chi connectivity index (χ4n) is 1.73. The van der Waals surface area contributed by atoms with Crippen molar-refractivity contribution in [3.05, 3.63) is 59.0 Å². The molecule has 1 aromatic carbocycles. The number of aryl methyl sites for hydroxylation is 1. The number of rotatable bonds is 2. The fourth-order valence-corrected chi connectivity index (χ4v) is 1.73. The highest BCUT2D eigenvalue weighted by Crippen LogP contribution is 2.24. The van der Waals surface area contributed by atoms with Gasteiger partial charge in [-0.3, -0.25) is 0 Å². The predicted octanol–water partition coefficient (Wildman–Crippen LogP) is 2.94. The molecule has 2 nitrogen and oxygen atoms in total. The molecule has 0 saturated heterocycles. The van der Waals surface area contributed by atoms with Gasteiger partial charge in [0, 0.05) is 0 Å². The lowest BCUT2D eigenvalue weighted by Crippen LogP contribution is -2.12. The van der Waals surface area contributed by atoms with E-state index >= 15 is 0 Å². The van der Waals surface area contributed by atoms with Crippen molar-refractivity contribution in [1.29, 1.82) is 0 Å². The van der Waals surface area contributed by atoms with Gasteiger partial charge in [0.15, 0.2) is 0 Å². The second-order valence-corrected chi connectivity index (χ2v) is 3.78. The van der Waals surface area contributed by atoms with E-state index in [-0.39, 0.29) is 6.04 Å². The molecule has 1 aromatic heterocycles. The topological polar surface area (TPSA) is 39.2 Å². The monoisotopic (exact) mass is 201 g/mol. The van der Waals surface area contributed by atoms with Crippen molar-refractivity contribution in [2.24, 2.45) is 5.73 Å². The highest BCUT2D eigenvalue weighted by Gasteiger charge is 2.14. The first-order valence-corrected chi connectivity index (χ1v) is 5.05. The molecule has 2 rings (SSSR count). The van der Waals surface area contributed by atoms with Crippen molar-refractivity contribution in [1.82, 2.24) is 0 Å². The van der Waals surface area contributed by atoms with Crippen LogP contribution in [0.25, 0.3) is 0 Å². The molecule has 0 radical (unpaired) electrons. The van der Waals surface area contributed by atoms with E-state index in [9.17, 15) is 0 Å². The molecular weight excluding hydrogens is 186 g/mol. The number of hydrogen-bond acceptors (Lipinski definition) is 2. The summed E-state index contributed by atoms with van der Waals surface area (Å²) >= 11 is 0. The van der Waals surface area contributed by atoms with Crippen molar-refractivity contribution in [3.8, 4) is 0 Å². The van der Waals surface area contributed by atoms with Crippen LogP contribution in [0.4, 0.5) is 0 Å². The molecular formula is C13H15NO. The van der Waals surface area contributed by atoms with E-state index in [1.54, 1.807) is 6.26 Å². The Labute approximate surface area is 89.7 Å². The van der Waals surface area contributed by atoms with Crippen LogP contribution >= 0.6 is 0 Å².